The van der Waals surface area contributed by atoms with Crippen molar-refractivity contribution in [3.63, 3.8) is 0 Å². The Bertz CT molecular complexity index is 684. The summed E-state index contributed by atoms with van der Waals surface area (Å²) in [5.74, 6) is 0.279. The molecule has 2 amide bonds. The Morgan fingerprint density at radius 3 is 2.92 bits per heavy atom. The van der Waals surface area contributed by atoms with Crippen LogP contribution in [0.25, 0.3) is 0 Å². The number of nitrogens with zero attached hydrogens (tertiary/aromatic N) is 1. The van der Waals surface area contributed by atoms with Gasteiger partial charge < -0.3 is 25.0 Å². The summed E-state index contributed by atoms with van der Waals surface area (Å²) in [6.45, 7) is 4.45. The van der Waals surface area contributed by atoms with Crippen LogP contribution in [0.2, 0.25) is 0 Å². The molecular formula is C18H24FN3O4. The summed E-state index contributed by atoms with van der Waals surface area (Å²) in [5, 5.41) is 5.31. The van der Waals surface area contributed by atoms with E-state index in [0.717, 1.165) is 12.1 Å². The van der Waals surface area contributed by atoms with Gasteiger partial charge in [0.15, 0.2) is 0 Å². The van der Waals surface area contributed by atoms with E-state index in [2.05, 4.69) is 22.3 Å². The average molecular weight is 365 g/mol. The Labute approximate surface area is 151 Å². The van der Waals surface area contributed by atoms with Gasteiger partial charge in [0.1, 0.15) is 11.9 Å². The topological polar surface area (TPSA) is 79.9 Å². The highest BCUT2D eigenvalue weighted by atomic mass is 19.1. The molecule has 26 heavy (non-hydrogen) atoms. The largest absolute Gasteiger partial charge is 0.453 e. The molecule has 3 atom stereocenters. The molecule has 1 aromatic rings. The number of hydrogen-bond acceptors (Lipinski definition) is 5. The Hall–Kier alpha value is -2.51. The third-order valence-electron chi connectivity index (χ3n) is 5.03. The van der Waals surface area contributed by atoms with Crippen LogP contribution in [0.4, 0.5) is 19.7 Å². The smallest absolute Gasteiger partial charge is 0.407 e. The van der Waals surface area contributed by atoms with Gasteiger partial charge in [-0.25, -0.2) is 14.0 Å². The number of alkyl carbamates (subject to hydrolysis) is 2. The Balaban J connectivity index is 1.60. The van der Waals surface area contributed by atoms with Crippen molar-refractivity contribution in [2.45, 2.75) is 19.4 Å². The second-order valence-electron chi connectivity index (χ2n) is 6.91. The molecule has 1 aromatic carbocycles. The molecule has 0 aromatic heterocycles. The lowest BCUT2D eigenvalue weighted by Gasteiger charge is -2.20. The number of methoxy groups -OCH3 is 1. The molecule has 0 bridgehead atoms. The van der Waals surface area contributed by atoms with Crippen LogP contribution in [-0.4, -0.2) is 51.6 Å². The molecule has 0 saturated carbocycles. The summed E-state index contributed by atoms with van der Waals surface area (Å²) in [6, 6.07) is 5.15. The molecular weight excluding hydrogens is 341 g/mol. The fraction of sp³-hybridized carbons (Fsp3) is 0.556. The van der Waals surface area contributed by atoms with Crippen molar-refractivity contribution in [3.05, 3.63) is 29.6 Å². The Kier molecular flexibility index (Phi) is 5.49. The highest BCUT2D eigenvalue weighted by Gasteiger charge is 2.31. The number of amides is 2. The number of carbonyl (C=O) groups excluding carboxylic acids is 2. The van der Waals surface area contributed by atoms with Gasteiger partial charge in [-0.1, -0.05) is 13.0 Å². The van der Waals surface area contributed by atoms with Gasteiger partial charge in [-0.05, 0) is 29.5 Å². The molecule has 2 N–H and O–H groups in total. The number of anilines is 1. The van der Waals surface area contributed by atoms with Crippen LogP contribution in [0, 0.1) is 17.7 Å². The number of hydrogen-bond donors (Lipinski definition) is 2. The predicted molar refractivity (Wildman–Crippen MR) is 93.7 cm³/mol. The molecule has 0 radical (unpaired) electrons. The average Bonchev–Trinajstić information content (AvgIpc) is 3.18. The summed E-state index contributed by atoms with van der Waals surface area (Å²) >= 11 is 0. The quantitative estimate of drug-likeness (QED) is 0.833. The van der Waals surface area contributed by atoms with E-state index in [9.17, 15) is 14.0 Å². The van der Waals surface area contributed by atoms with Crippen molar-refractivity contribution >= 4 is 17.9 Å². The molecule has 2 heterocycles. The summed E-state index contributed by atoms with van der Waals surface area (Å²) < 4.78 is 24.3. The normalized spacial score (nSPS) is 25.0. The van der Waals surface area contributed by atoms with Gasteiger partial charge in [-0.3, -0.25) is 0 Å². The van der Waals surface area contributed by atoms with Crippen molar-refractivity contribution in [2.75, 3.05) is 38.2 Å². The minimum Gasteiger partial charge on any atom is -0.453 e. The van der Waals surface area contributed by atoms with Gasteiger partial charge in [0.2, 0.25) is 0 Å². The van der Waals surface area contributed by atoms with Crippen LogP contribution in [0.3, 0.4) is 0 Å². The molecule has 3 rings (SSSR count). The zero-order chi connectivity index (χ0) is 18.7. The van der Waals surface area contributed by atoms with Gasteiger partial charge in [0, 0.05) is 26.1 Å². The van der Waals surface area contributed by atoms with Crippen LogP contribution < -0.4 is 15.5 Å². The maximum Gasteiger partial charge on any atom is 0.407 e. The van der Waals surface area contributed by atoms with Crippen molar-refractivity contribution in [3.8, 4) is 0 Å². The third kappa shape index (κ3) is 4.17. The summed E-state index contributed by atoms with van der Waals surface area (Å²) in [6.07, 6.45) is -0.649. The van der Waals surface area contributed by atoms with Crippen LogP contribution in [0.15, 0.2) is 18.2 Å². The Morgan fingerprint density at radius 1 is 1.46 bits per heavy atom. The monoisotopic (exact) mass is 365 g/mol. The number of cyclic esters (lactones) is 1. The summed E-state index contributed by atoms with van der Waals surface area (Å²) in [4.78, 5) is 24.3. The number of carbonyl (C=O) groups is 2. The van der Waals surface area contributed by atoms with Crippen molar-refractivity contribution in [2.24, 2.45) is 11.8 Å². The maximum absolute atomic E-state index is 14.6. The standard InChI is InChI=1S/C18H24FN3O4/c1-11-9-22(10-13(11)7-20-17(23)25-2)16-4-3-12(6-15(16)19)5-14-8-21-18(24)26-14/h3-4,6,11,13-14H,5,7-10H2,1-2H3,(H,20,23)(H,21,24). The molecule has 2 aliphatic rings. The predicted octanol–water partition coefficient (Wildman–Crippen LogP) is 1.90. The highest BCUT2D eigenvalue weighted by Crippen LogP contribution is 2.30. The fourth-order valence-corrected chi connectivity index (χ4v) is 3.53. The minimum absolute atomic E-state index is 0.233. The lowest BCUT2D eigenvalue weighted by molar-refractivity contribution is 0.140. The number of nitrogens with one attached hydrogen (secondary N) is 2. The molecule has 0 spiro atoms. The van der Waals surface area contributed by atoms with Crippen LogP contribution in [0.5, 0.6) is 0 Å². The summed E-state index contributed by atoms with van der Waals surface area (Å²) in [5.41, 5.74) is 1.35. The van der Waals surface area contributed by atoms with Crippen LogP contribution in [0.1, 0.15) is 12.5 Å². The van der Waals surface area contributed by atoms with E-state index in [1.54, 1.807) is 6.07 Å². The second-order valence-corrected chi connectivity index (χ2v) is 6.91. The van der Waals surface area contributed by atoms with E-state index in [0.29, 0.717) is 37.7 Å². The molecule has 2 aliphatic heterocycles. The SMILES string of the molecule is COC(=O)NCC1CN(c2ccc(CC3CNC(=O)O3)cc2F)CC1C. The third-order valence-corrected chi connectivity index (χ3v) is 5.03. The Morgan fingerprint density at radius 2 is 2.27 bits per heavy atom. The number of halogens is 1. The lowest BCUT2D eigenvalue weighted by Crippen LogP contribution is -2.32. The zero-order valence-electron chi connectivity index (χ0n) is 15.0. The number of benzene rings is 1. The van der Waals surface area contributed by atoms with Gasteiger partial charge in [-0.2, -0.15) is 0 Å². The van der Waals surface area contributed by atoms with Gasteiger partial charge in [-0.15, -0.1) is 0 Å². The number of ether oxygens (including phenoxy) is 2. The maximum atomic E-state index is 14.6. The van der Waals surface area contributed by atoms with Gasteiger partial charge in [0.05, 0.1) is 19.3 Å². The highest BCUT2D eigenvalue weighted by molar-refractivity contribution is 5.69. The van der Waals surface area contributed by atoms with E-state index in [-0.39, 0.29) is 17.8 Å². The minimum atomic E-state index is -0.451. The molecule has 8 heteroatoms. The first-order valence-electron chi connectivity index (χ1n) is 8.76. The van der Waals surface area contributed by atoms with E-state index < -0.39 is 12.2 Å². The van der Waals surface area contributed by atoms with Crippen molar-refractivity contribution in [1.29, 1.82) is 0 Å². The van der Waals surface area contributed by atoms with E-state index >= 15 is 0 Å². The second kappa shape index (κ2) is 7.80. The molecule has 2 saturated heterocycles. The molecule has 2 fully saturated rings. The van der Waals surface area contributed by atoms with Crippen LogP contribution >= 0.6 is 0 Å². The first-order valence-corrected chi connectivity index (χ1v) is 8.76. The van der Waals surface area contributed by atoms with E-state index in [1.807, 2.05) is 11.0 Å². The zero-order valence-corrected chi connectivity index (χ0v) is 15.0. The van der Waals surface area contributed by atoms with Crippen LogP contribution in [-0.2, 0) is 15.9 Å². The molecule has 142 valence electrons. The van der Waals surface area contributed by atoms with E-state index in [1.165, 1.54) is 13.2 Å². The van der Waals surface area contributed by atoms with Gasteiger partial charge >= 0.3 is 12.2 Å². The van der Waals surface area contributed by atoms with E-state index in [4.69, 9.17) is 4.74 Å². The fourth-order valence-electron chi connectivity index (χ4n) is 3.53. The van der Waals surface area contributed by atoms with Crippen molar-refractivity contribution < 1.29 is 23.5 Å². The number of rotatable bonds is 5. The molecule has 7 nitrogen and oxygen atoms in total. The molecule has 0 aliphatic carbocycles. The lowest BCUT2D eigenvalue weighted by atomic mass is 9.98. The summed E-state index contributed by atoms with van der Waals surface area (Å²) in [7, 11) is 1.33. The molecule has 3 unspecified atom stereocenters. The first-order chi connectivity index (χ1) is 12.5. The van der Waals surface area contributed by atoms with Gasteiger partial charge in [0.25, 0.3) is 0 Å². The van der Waals surface area contributed by atoms with Crippen molar-refractivity contribution in [1.82, 2.24) is 10.6 Å². The first kappa shape index (κ1) is 18.3.